The first-order chi connectivity index (χ1) is 10.3. The van der Waals surface area contributed by atoms with Crippen LogP contribution in [0.3, 0.4) is 0 Å². The second-order valence-electron chi connectivity index (χ2n) is 5.66. The first-order valence-electron chi connectivity index (χ1n) is 7.70. The van der Waals surface area contributed by atoms with E-state index in [1.165, 1.54) is 4.88 Å². The average Bonchev–Trinajstić information content (AvgIpc) is 3.19. The van der Waals surface area contributed by atoms with Crippen LogP contribution in [0.15, 0.2) is 17.5 Å². The lowest BCUT2D eigenvalue weighted by Crippen LogP contribution is -2.52. The van der Waals surface area contributed by atoms with Crippen molar-refractivity contribution in [1.82, 2.24) is 15.1 Å². The highest BCUT2D eigenvalue weighted by molar-refractivity contribution is 7.09. The fraction of sp³-hybridized carbons (Fsp3) is 0.667. The third-order valence-electron chi connectivity index (χ3n) is 4.12. The molecule has 1 atom stereocenters. The van der Waals surface area contributed by atoms with Crippen LogP contribution in [0.25, 0.3) is 0 Å². The molecule has 116 valence electrons. The van der Waals surface area contributed by atoms with E-state index in [1.54, 1.807) is 11.3 Å². The second-order valence-corrected chi connectivity index (χ2v) is 6.70. The van der Waals surface area contributed by atoms with Gasteiger partial charge in [-0.25, -0.2) is 4.79 Å². The Bertz CT molecular complexity index is 438. The van der Waals surface area contributed by atoms with Gasteiger partial charge in [0.25, 0.3) is 0 Å². The number of urea groups is 1. The maximum atomic E-state index is 12.1. The third kappa shape index (κ3) is 4.18. The van der Waals surface area contributed by atoms with E-state index in [-0.39, 0.29) is 12.1 Å². The Morgan fingerprint density at radius 2 is 2.24 bits per heavy atom. The highest BCUT2D eigenvalue weighted by atomic mass is 32.1. The van der Waals surface area contributed by atoms with Gasteiger partial charge < -0.3 is 15.0 Å². The van der Waals surface area contributed by atoms with Crippen LogP contribution < -0.4 is 5.32 Å². The van der Waals surface area contributed by atoms with E-state index in [9.17, 15) is 4.79 Å². The highest BCUT2D eigenvalue weighted by Gasteiger charge is 2.22. The fourth-order valence-electron chi connectivity index (χ4n) is 2.85. The van der Waals surface area contributed by atoms with E-state index in [0.717, 1.165) is 52.2 Å². The standard InChI is InChI=1S/C15H23N3O2S/c19-15(16-11-13-3-1-9-20-13)18-7-5-17(6-8-18)12-14-4-2-10-21-14/h2,4,10,13H,1,3,5-9,11-12H2,(H,16,19)/t13-/m0/s1. The molecule has 1 aromatic heterocycles. The van der Waals surface area contributed by atoms with Crippen LogP contribution in [0.5, 0.6) is 0 Å². The molecular formula is C15H23N3O2S. The minimum absolute atomic E-state index is 0.0567. The van der Waals surface area contributed by atoms with Gasteiger partial charge in [-0.05, 0) is 24.3 Å². The lowest BCUT2D eigenvalue weighted by molar-refractivity contribution is 0.104. The molecule has 3 heterocycles. The van der Waals surface area contributed by atoms with Crippen molar-refractivity contribution < 1.29 is 9.53 Å². The zero-order valence-corrected chi connectivity index (χ0v) is 13.1. The van der Waals surface area contributed by atoms with Crippen LogP contribution in [0.2, 0.25) is 0 Å². The number of nitrogens with one attached hydrogen (secondary N) is 1. The molecule has 1 N–H and O–H groups in total. The van der Waals surface area contributed by atoms with Gasteiger partial charge in [-0.2, -0.15) is 0 Å². The molecule has 3 rings (SSSR count). The van der Waals surface area contributed by atoms with Gasteiger partial charge in [0.1, 0.15) is 0 Å². The molecule has 2 fully saturated rings. The lowest BCUT2D eigenvalue weighted by Gasteiger charge is -2.34. The number of hydrogen-bond acceptors (Lipinski definition) is 4. The van der Waals surface area contributed by atoms with E-state index in [4.69, 9.17) is 4.74 Å². The zero-order valence-electron chi connectivity index (χ0n) is 12.3. The fourth-order valence-corrected chi connectivity index (χ4v) is 3.60. The Kier molecular flexibility index (Phi) is 5.11. The van der Waals surface area contributed by atoms with E-state index in [1.807, 2.05) is 4.90 Å². The number of carbonyl (C=O) groups is 1. The number of ether oxygens (including phenoxy) is 1. The zero-order chi connectivity index (χ0) is 14.5. The molecule has 2 aliphatic rings. The molecule has 1 aromatic rings. The number of thiophene rings is 1. The summed E-state index contributed by atoms with van der Waals surface area (Å²) < 4.78 is 5.53. The van der Waals surface area contributed by atoms with Crippen molar-refractivity contribution in [2.24, 2.45) is 0 Å². The van der Waals surface area contributed by atoms with Crippen molar-refractivity contribution in [3.8, 4) is 0 Å². The molecular weight excluding hydrogens is 286 g/mol. The van der Waals surface area contributed by atoms with E-state index < -0.39 is 0 Å². The number of nitrogens with zero attached hydrogens (tertiary/aromatic N) is 2. The van der Waals surface area contributed by atoms with Crippen molar-refractivity contribution in [3.63, 3.8) is 0 Å². The van der Waals surface area contributed by atoms with Gasteiger partial charge in [0.05, 0.1) is 6.10 Å². The van der Waals surface area contributed by atoms with Crippen LogP contribution in [-0.2, 0) is 11.3 Å². The Labute approximate surface area is 129 Å². The Balaban J connectivity index is 1.37. The van der Waals surface area contributed by atoms with Crippen molar-refractivity contribution in [3.05, 3.63) is 22.4 Å². The highest BCUT2D eigenvalue weighted by Crippen LogP contribution is 2.14. The summed E-state index contributed by atoms with van der Waals surface area (Å²) in [6.45, 7) is 6.00. The van der Waals surface area contributed by atoms with E-state index >= 15 is 0 Å². The Hall–Kier alpha value is -1.11. The molecule has 0 spiro atoms. The van der Waals surface area contributed by atoms with Crippen LogP contribution in [0.4, 0.5) is 4.79 Å². The summed E-state index contributed by atoms with van der Waals surface area (Å²) in [5, 5.41) is 5.12. The van der Waals surface area contributed by atoms with Crippen molar-refractivity contribution in [2.45, 2.75) is 25.5 Å². The summed E-state index contributed by atoms with van der Waals surface area (Å²) in [5.41, 5.74) is 0. The second kappa shape index (κ2) is 7.24. The molecule has 0 radical (unpaired) electrons. The maximum Gasteiger partial charge on any atom is 0.317 e. The summed E-state index contributed by atoms with van der Waals surface area (Å²) in [6, 6.07) is 4.32. The quantitative estimate of drug-likeness (QED) is 0.922. The van der Waals surface area contributed by atoms with Crippen LogP contribution in [-0.4, -0.2) is 61.3 Å². The van der Waals surface area contributed by atoms with Gasteiger partial charge in [0.15, 0.2) is 0 Å². The molecule has 0 bridgehead atoms. The third-order valence-corrected chi connectivity index (χ3v) is 4.99. The number of rotatable bonds is 4. The summed E-state index contributed by atoms with van der Waals surface area (Å²) in [4.78, 5) is 17.8. The van der Waals surface area contributed by atoms with Gasteiger partial charge >= 0.3 is 6.03 Å². The first kappa shape index (κ1) is 14.8. The lowest BCUT2D eigenvalue weighted by atomic mass is 10.2. The minimum atomic E-state index is 0.0567. The average molecular weight is 309 g/mol. The number of hydrogen-bond donors (Lipinski definition) is 1. The summed E-state index contributed by atoms with van der Waals surface area (Å²) in [7, 11) is 0. The predicted octanol–water partition coefficient (Wildman–Crippen LogP) is 1.75. The Morgan fingerprint density at radius 1 is 1.38 bits per heavy atom. The molecule has 2 aliphatic heterocycles. The SMILES string of the molecule is O=C(NC[C@@H]1CCCO1)N1CCN(Cc2cccs2)CC1. The largest absolute Gasteiger partial charge is 0.376 e. The van der Waals surface area contributed by atoms with Crippen molar-refractivity contribution in [2.75, 3.05) is 39.3 Å². The molecule has 5 nitrogen and oxygen atoms in total. The van der Waals surface area contributed by atoms with Gasteiger partial charge in [-0.3, -0.25) is 4.90 Å². The summed E-state index contributed by atoms with van der Waals surface area (Å²) in [6.07, 6.45) is 2.39. The van der Waals surface area contributed by atoms with Gasteiger partial charge in [-0.1, -0.05) is 6.07 Å². The van der Waals surface area contributed by atoms with Gasteiger partial charge in [0.2, 0.25) is 0 Å². The number of carbonyl (C=O) groups excluding carboxylic acids is 1. The summed E-state index contributed by atoms with van der Waals surface area (Å²) >= 11 is 1.80. The van der Waals surface area contributed by atoms with Crippen LogP contribution >= 0.6 is 11.3 Å². The minimum Gasteiger partial charge on any atom is -0.376 e. The number of piperazine rings is 1. The van der Waals surface area contributed by atoms with Gasteiger partial charge in [-0.15, -0.1) is 11.3 Å². The normalized spacial score (nSPS) is 23.4. The Morgan fingerprint density at radius 3 is 2.90 bits per heavy atom. The molecule has 0 unspecified atom stereocenters. The molecule has 0 aromatic carbocycles. The van der Waals surface area contributed by atoms with Crippen molar-refractivity contribution >= 4 is 17.4 Å². The van der Waals surface area contributed by atoms with Crippen molar-refractivity contribution in [1.29, 1.82) is 0 Å². The topological polar surface area (TPSA) is 44.8 Å². The molecule has 0 saturated carbocycles. The first-order valence-corrected chi connectivity index (χ1v) is 8.58. The van der Waals surface area contributed by atoms with Crippen LogP contribution in [0.1, 0.15) is 17.7 Å². The smallest absolute Gasteiger partial charge is 0.317 e. The molecule has 2 saturated heterocycles. The molecule has 0 aliphatic carbocycles. The monoisotopic (exact) mass is 309 g/mol. The van der Waals surface area contributed by atoms with E-state index in [2.05, 4.69) is 27.7 Å². The summed E-state index contributed by atoms with van der Waals surface area (Å²) in [5.74, 6) is 0. The molecule has 2 amide bonds. The molecule has 6 heteroatoms. The maximum absolute atomic E-state index is 12.1. The number of amides is 2. The van der Waals surface area contributed by atoms with E-state index in [0.29, 0.717) is 6.54 Å². The van der Waals surface area contributed by atoms with Crippen LogP contribution in [0, 0.1) is 0 Å². The molecule has 21 heavy (non-hydrogen) atoms. The predicted molar refractivity (Wildman–Crippen MR) is 83.5 cm³/mol. The van der Waals surface area contributed by atoms with Gasteiger partial charge in [0, 0.05) is 50.8 Å².